The first-order valence-electron chi connectivity index (χ1n) is 13.8. The molecule has 0 amide bonds. The fraction of sp³-hybridized carbons (Fsp3) is 0.433. The number of sulfone groups is 1. The normalized spacial score (nSPS) is 18.0. The van der Waals surface area contributed by atoms with Crippen LogP contribution in [0.1, 0.15) is 36.1 Å². The Morgan fingerprint density at radius 1 is 0.756 bits per heavy atom. The minimum atomic E-state index is -6.64. The number of benzene rings is 2. The first-order valence-corrected chi connectivity index (χ1v) is 15.6. The zero-order chi connectivity index (χ0) is 32.9. The molecule has 5 nitrogen and oxygen atoms in total. The Labute approximate surface area is 252 Å². The van der Waals surface area contributed by atoms with Crippen LogP contribution in [0.2, 0.25) is 0 Å². The molecule has 45 heavy (non-hydrogen) atoms. The highest BCUT2D eigenvalue weighted by Gasteiger charge is 2.86. The summed E-state index contributed by atoms with van der Waals surface area (Å²) in [5.74, 6) is -0.0324. The number of ether oxygens (including phenoxy) is 1. The van der Waals surface area contributed by atoms with Crippen molar-refractivity contribution < 1.29 is 52.7 Å². The highest BCUT2D eigenvalue weighted by molar-refractivity contribution is 7.89. The van der Waals surface area contributed by atoms with E-state index >= 15 is 0 Å². The number of rotatable bonds is 6. The second-order valence-corrected chi connectivity index (χ2v) is 13.4. The van der Waals surface area contributed by atoms with Crippen molar-refractivity contribution in [1.29, 1.82) is 0 Å². The van der Waals surface area contributed by atoms with Gasteiger partial charge in [-0.15, -0.1) is 0 Å². The van der Waals surface area contributed by atoms with Crippen molar-refractivity contribution in [1.82, 2.24) is 9.88 Å². The van der Waals surface area contributed by atoms with Crippen molar-refractivity contribution in [3.05, 3.63) is 83.7 Å². The molecule has 0 atom stereocenters. The lowest BCUT2D eigenvalue weighted by Gasteiger charge is -2.51. The third kappa shape index (κ3) is 6.38. The molecule has 0 radical (unpaired) electrons. The summed E-state index contributed by atoms with van der Waals surface area (Å²) in [5, 5.41) is 0. The molecule has 0 unspecified atom stereocenters. The lowest BCUT2D eigenvalue weighted by atomic mass is 9.80. The van der Waals surface area contributed by atoms with E-state index in [1.165, 1.54) is 6.20 Å². The number of likely N-dealkylation sites (tertiary alicyclic amines) is 1. The molecule has 3 heterocycles. The first kappa shape index (κ1) is 33.0. The van der Waals surface area contributed by atoms with E-state index in [1.54, 1.807) is 54.6 Å². The number of aromatic nitrogens is 1. The standard InChI is InChI=1S/C30H27F9N2O3S/c31-28(32,33)27(29(34,35)36,30(37,38)39)41-15-12-26(13-16-41)11-10-23-17-22(8-9-25(23)44-26)21-6-4-20(5-7-21)18-45(42,43)19-24-3-1-2-14-40-24/h1-9,14,17H,10-13,15-16,18-19H2. The summed E-state index contributed by atoms with van der Waals surface area (Å²) in [4.78, 5) is 3.49. The first-order chi connectivity index (χ1) is 20.9. The van der Waals surface area contributed by atoms with Gasteiger partial charge in [0.2, 0.25) is 0 Å². The van der Waals surface area contributed by atoms with Gasteiger partial charge < -0.3 is 4.74 Å². The highest BCUT2D eigenvalue weighted by atomic mass is 32.2. The molecule has 244 valence electrons. The number of halogens is 9. The average Bonchev–Trinajstić information content (AvgIpc) is 2.92. The summed E-state index contributed by atoms with van der Waals surface area (Å²) in [6.07, 6.45) is -18.8. The fourth-order valence-electron chi connectivity index (χ4n) is 6.13. The molecular weight excluding hydrogens is 639 g/mol. The zero-order valence-electron chi connectivity index (χ0n) is 23.4. The topological polar surface area (TPSA) is 59.5 Å². The van der Waals surface area contributed by atoms with E-state index in [9.17, 15) is 47.9 Å². The van der Waals surface area contributed by atoms with Gasteiger partial charge in [0.15, 0.2) is 9.84 Å². The minimum absolute atomic E-state index is 0.183. The van der Waals surface area contributed by atoms with E-state index in [0.29, 0.717) is 23.4 Å². The Hall–Kier alpha value is -3.33. The molecule has 2 aliphatic rings. The molecule has 2 aliphatic heterocycles. The van der Waals surface area contributed by atoms with Gasteiger partial charge in [0.1, 0.15) is 11.4 Å². The summed E-state index contributed by atoms with van der Waals surface area (Å²) in [6.45, 7) is -2.23. The number of hydrogen-bond donors (Lipinski definition) is 0. The molecule has 3 aromatic rings. The maximum absolute atomic E-state index is 13.6. The summed E-state index contributed by atoms with van der Waals surface area (Å²) in [5.41, 5.74) is -3.92. The lowest BCUT2D eigenvalue weighted by Crippen LogP contribution is -2.76. The SMILES string of the molecule is O=S(=O)(Cc1ccc(-c2ccc3c(c2)CCC2(CCN(C(C(F)(F)F)(C(F)(F)F)C(F)(F)F)CC2)O3)cc1)Cc1ccccn1. The Balaban J connectivity index is 1.27. The Morgan fingerprint density at radius 2 is 1.36 bits per heavy atom. The maximum atomic E-state index is 13.6. The Kier molecular flexibility index (Phi) is 8.43. The largest absolute Gasteiger partial charge is 0.487 e. The number of aryl methyl sites for hydroxylation is 1. The van der Waals surface area contributed by atoms with Crippen molar-refractivity contribution in [2.24, 2.45) is 0 Å². The molecule has 1 spiro atoms. The van der Waals surface area contributed by atoms with Gasteiger partial charge in [0.05, 0.1) is 17.2 Å². The molecule has 1 fully saturated rings. The Morgan fingerprint density at radius 3 is 1.91 bits per heavy atom. The third-order valence-electron chi connectivity index (χ3n) is 8.38. The van der Waals surface area contributed by atoms with Crippen LogP contribution >= 0.6 is 0 Å². The van der Waals surface area contributed by atoms with Crippen LogP contribution in [0.4, 0.5) is 39.5 Å². The van der Waals surface area contributed by atoms with E-state index in [4.69, 9.17) is 4.74 Å². The highest BCUT2D eigenvalue weighted by Crippen LogP contribution is 2.57. The van der Waals surface area contributed by atoms with Crippen molar-refractivity contribution in [2.45, 2.75) is 66.9 Å². The van der Waals surface area contributed by atoms with Gasteiger partial charge in [-0.3, -0.25) is 9.88 Å². The van der Waals surface area contributed by atoms with Crippen molar-refractivity contribution >= 4 is 9.84 Å². The van der Waals surface area contributed by atoms with Crippen LogP contribution in [0.5, 0.6) is 5.75 Å². The quantitative estimate of drug-likeness (QED) is 0.256. The number of nitrogens with zero attached hydrogens (tertiary/aromatic N) is 2. The van der Waals surface area contributed by atoms with Crippen LogP contribution in [0, 0.1) is 0 Å². The monoisotopic (exact) mass is 666 g/mol. The maximum Gasteiger partial charge on any atom is 0.424 e. The summed E-state index contributed by atoms with van der Waals surface area (Å²) < 4.78 is 154. The van der Waals surface area contributed by atoms with Crippen LogP contribution in [0.25, 0.3) is 11.1 Å². The predicted octanol–water partition coefficient (Wildman–Crippen LogP) is 7.45. The number of fused-ring (bicyclic) bond motifs is 1. The molecular formula is C30H27F9N2O3S. The van der Waals surface area contributed by atoms with Crippen molar-refractivity contribution in [3.63, 3.8) is 0 Å². The van der Waals surface area contributed by atoms with Crippen molar-refractivity contribution in [2.75, 3.05) is 13.1 Å². The second kappa shape index (κ2) is 11.5. The van der Waals surface area contributed by atoms with Gasteiger partial charge in [-0.05, 0) is 72.2 Å². The van der Waals surface area contributed by atoms with Crippen LogP contribution < -0.4 is 4.74 Å². The summed E-state index contributed by atoms with van der Waals surface area (Å²) in [7, 11) is -3.47. The molecule has 0 bridgehead atoms. The van der Waals surface area contributed by atoms with Crippen molar-refractivity contribution in [3.8, 4) is 16.9 Å². The van der Waals surface area contributed by atoms with E-state index < -0.39 is 70.3 Å². The lowest BCUT2D eigenvalue weighted by molar-refractivity contribution is -0.423. The number of hydrogen-bond acceptors (Lipinski definition) is 5. The molecule has 15 heteroatoms. The average molecular weight is 667 g/mol. The minimum Gasteiger partial charge on any atom is -0.487 e. The van der Waals surface area contributed by atoms with E-state index in [-0.39, 0.29) is 17.9 Å². The molecule has 1 aromatic heterocycles. The molecule has 0 N–H and O–H groups in total. The molecule has 0 aliphatic carbocycles. The fourth-order valence-corrected chi connectivity index (χ4v) is 7.55. The number of piperidine rings is 1. The van der Waals surface area contributed by atoms with Gasteiger partial charge in [0.25, 0.3) is 0 Å². The van der Waals surface area contributed by atoms with Gasteiger partial charge in [-0.1, -0.05) is 36.4 Å². The smallest absolute Gasteiger partial charge is 0.424 e. The van der Waals surface area contributed by atoms with Crippen LogP contribution in [0.3, 0.4) is 0 Å². The summed E-state index contributed by atoms with van der Waals surface area (Å²) in [6, 6.07) is 17.0. The van der Waals surface area contributed by atoms with Crippen LogP contribution in [-0.4, -0.2) is 61.1 Å². The van der Waals surface area contributed by atoms with Crippen LogP contribution in [0.15, 0.2) is 66.9 Å². The third-order valence-corrected chi connectivity index (χ3v) is 9.89. The van der Waals surface area contributed by atoms with Gasteiger partial charge >= 0.3 is 24.1 Å². The molecule has 2 aromatic carbocycles. The number of pyridine rings is 1. The van der Waals surface area contributed by atoms with E-state index in [1.807, 2.05) is 6.07 Å². The molecule has 0 saturated carbocycles. The Bertz CT molecular complexity index is 1580. The van der Waals surface area contributed by atoms with Crippen LogP contribution in [-0.2, 0) is 27.8 Å². The zero-order valence-corrected chi connectivity index (χ0v) is 24.3. The molecule has 5 rings (SSSR count). The second-order valence-electron chi connectivity index (χ2n) is 11.3. The van der Waals surface area contributed by atoms with E-state index in [0.717, 1.165) is 16.7 Å². The number of alkyl halides is 9. The summed E-state index contributed by atoms with van der Waals surface area (Å²) >= 11 is 0. The molecule has 1 saturated heterocycles. The van der Waals surface area contributed by atoms with Gasteiger partial charge in [-0.25, -0.2) is 8.42 Å². The predicted molar refractivity (Wildman–Crippen MR) is 146 cm³/mol. The van der Waals surface area contributed by atoms with Gasteiger partial charge in [0, 0.05) is 19.3 Å². The van der Waals surface area contributed by atoms with E-state index in [2.05, 4.69) is 4.98 Å². The van der Waals surface area contributed by atoms with Gasteiger partial charge in [-0.2, -0.15) is 39.5 Å².